The third-order valence-electron chi connectivity index (χ3n) is 4.44. The van der Waals surface area contributed by atoms with Crippen LogP contribution < -0.4 is 5.32 Å². The Hall–Kier alpha value is -1.82. The van der Waals surface area contributed by atoms with E-state index in [4.69, 9.17) is 11.6 Å². The average molecular weight is 374 g/mol. The van der Waals surface area contributed by atoms with E-state index >= 15 is 0 Å². The van der Waals surface area contributed by atoms with Gasteiger partial charge in [-0.05, 0) is 42.1 Å². The summed E-state index contributed by atoms with van der Waals surface area (Å²) in [5.74, 6) is 0.237. The fraction of sp³-hybridized carbons (Fsp3) is 0.263. The van der Waals surface area contributed by atoms with Crippen molar-refractivity contribution in [2.45, 2.75) is 31.3 Å². The van der Waals surface area contributed by atoms with Crippen molar-refractivity contribution in [3.8, 4) is 0 Å². The Bertz CT molecular complexity index is 844. The van der Waals surface area contributed by atoms with Gasteiger partial charge in [-0.25, -0.2) is 4.39 Å². The van der Waals surface area contributed by atoms with Gasteiger partial charge < -0.3 is 5.32 Å². The van der Waals surface area contributed by atoms with E-state index in [1.54, 1.807) is 12.1 Å². The second-order valence-electron chi connectivity index (χ2n) is 6.22. The molecular formula is C19H17ClFN3S. The van der Waals surface area contributed by atoms with Crippen LogP contribution in [0.4, 0.5) is 4.39 Å². The monoisotopic (exact) mass is 373 g/mol. The Kier molecular flexibility index (Phi) is 4.79. The quantitative estimate of drug-likeness (QED) is 0.654. The van der Waals surface area contributed by atoms with E-state index in [1.165, 1.54) is 30.4 Å². The fourth-order valence-corrected chi connectivity index (χ4v) is 3.97. The van der Waals surface area contributed by atoms with Crippen molar-refractivity contribution in [3.63, 3.8) is 0 Å². The van der Waals surface area contributed by atoms with Gasteiger partial charge in [-0.15, -0.1) is 5.10 Å². The molecule has 1 aliphatic rings. The first-order chi connectivity index (χ1) is 12.2. The minimum absolute atomic E-state index is 0.307. The summed E-state index contributed by atoms with van der Waals surface area (Å²) in [4.78, 5) is 1.12. The SMILES string of the molecule is Fc1cccc(Cl)c1C(NCc1snnc1C1CC1)c1ccccc1. The molecule has 128 valence electrons. The number of nitrogens with one attached hydrogen (secondary N) is 1. The molecule has 4 rings (SSSR count). The van der Waals surface area contributed by atoms with Gasteiger partial charge in [0.15, 0.2) is 0 Å². The van der Waals surface area contributed by atoms with Crippen LogP contribution in [0.1, 0.15) is 46.5 Å². The molecule has 2 aromatic carbocycles. The molecule has 1 heterocycles. The lowest BCUT2D eigenvalue weighted by molar-refractivity contribution is 0.549. The van der Waals surface area contributed by atoms with Crippen molar-refractivity contribution in [1.29, 1.82) is 0 Å². The minimum atomic E-state index is -0.330. The van der Waals surface area contributed by atoms with E-state index in [0.29, 0.717) is 23.0 Å². The maximum atomic E-state index is 14.5. The van der Waals surface area contributed by atoms with E-state index in [-0.39, 0.29) is 11.9 Å². The first kappa shape index (κ1) is 16.6. The molecular weight excluding hydrogens is 357 g/mol. The predicted octanol–water partition coefficient (Wildman–Crippen LogP) is 5.09. The van der Waals surface area contributed by atoms with Crippen LogP contribution in [-0.4, -0.2) is 9.59 Å². The standard InChI is InChI=1S/C19H17ClFN3S/c20-14-7-4-8-15(21)17(14)19(12-5-2-1-3-6-12)22-11-16-18(13-9-10-13)23-24-25-16/h1-8,13,19,22H,9-11H2. The number of hydrogen-bond donors (Lipinski definition) is 1. The molecule has 1 aliphatic carbocycles. The van der Waals surface area contributed by atoms with Gasteiger partial charge in [-0.1, -0.05) is 52.5 Å². The highest BCUT2D eigenvalue weighted by molar-refractivity contribution is 7.05. The van der Waals surface area contributed by atoms with Crippen LogP contribution in [0.15, 0.2) is 48.5 Å². The predicted molar refractivity (Wildman–Crippen MR) is 98.4 cm³/mol. The van der Waals surface area contributed by atoms with Gasteiger partial charge in [0.05, 0.1) is 16.6 Å². The summed E-state index contributed by atoms with van der Waals surface area (Å²) >= 11 is 7.73. The highest BCUT2D eigenvalue weighted by Crippen LogP contribution is 2.41. The second-order valence-corrected chi connectivity index (χ2v) is 7.46. The van der Waals surface area contributed by atoms with Crippen LogP contribution in [0, 0.1) is 5.82 Å². The normalized spacial score (nSPS) is 15.3. The molecule has 1 aromatic heterocycles. The van der Waals surface area contributed by atoms with E-state index in [0.717, 1.165) is 16.1 Å². The summed E-state index contributed by atoms with van der Waals surface area (Å²) in [6.45, 7) is 0.591. The number of halogens is 2. The molecule has 1 atom stereocenters. The molecule has 3 aromatic rings. The van der Waals surface area contributed by atoms with Crippen molar-refractivity contribution in [2.24, 2.45) is 0 Å². The van der Waals surface area contributed by atoms with Gasteiger partial charge in [0, 0.05) is 23.0 Å². The van der Waals surface area contributed by atoms with Crippen LogP contribution >= 0.6 is 23.1 Å². The molecule has 0 spiro atoms. The first-order valence-electron chi connectivity index (χ1n) is 8.27. The van der Waals surface area contributed by atoms with Gasteiger partial charge in [-0.2, -0.15) is 0 Å². The minimum Gasteiger partial charge on any atom is -0.301 e. The summed E-state index contributed by atoms with van der Waals surface area (Å²) < 4.78 is 18.6. The molecule has 1 N–H and O–H groups in total. The van der Waals surface area contributed by atoms with Crippen LogP contribution in [0.2, 0.25) is 5.02 Å². The van der Waals surface area contributed by atoms with Crippen LogP contribution in [0.3, 0.4) is 0 Å². The zero-order valence-electron chi connectivity index (χ0n) is 13.5. The highest BCUT2D eigenvalue weighted by atomic mass is 35.5. The maximum absolute atomic E-state index is 14.5. The van der Waals surface area contributed by atoms with Crippen LogP contribution in [0.25, 0.3) is 0 Å². The smallest absolute Gasteiger partial charge is 0.129 e. The number of benzene rings is 2. The Balaban J connectivity index is 1.65. The maximum Gasteiger partial charge on any atom is 0.129 e. The molecule has 0 radical (unpaired) electrons. The Morgan fingerprint density at radius 2 is 1.96 bits per heavy atom. The average Bonchev–Trinajstić information content (AvgIpc) is 3.36. The van der Waals surface area contributed by atoms with Gasteiger partial charge in [0.2, 0.25) is 0 Å². The lowest BCUT2D eigenvalue weighted by Gasteiger charge is -2.21. The van der Waals surface area contributed by atoms with E-state index < -0.39 is 0 Å². The first-order valence-corrected chi connectivity index (χ1v) is 9.42. The van der Waals surface area contributed by atoms with E-state index in [2.05, 4.69) is 14.9 Å². The Labute approximate surface area is 155 Å². The summed E-state index contributed by atoms with van der Waals surface area (Å²) in [7, 11) is 0. The molecule has 0 amide bonds. The fourth-order valence-electron chi connectivity index (χ4n) is 3.02. The molecule has 0 saturated heterocycles. The van der Waals surface area contributed by atoms with E-state index in [1.807, 2.05) is 30.3 Å². The van der Waals surface area contributed by atoms with E-state index in [9.17, 15) is 4.39 Å². The zero-order chi connectivity index (χ0) is 17.2. The van der Waals surface area contributed by atoms with Crippen molar-refractivity contribution < 1.29 is 4.39 Å². The lowest BCUT2D eigenvalue weighted by Crippen LogP contribution is -2.23. The molecule has 1 fully saturated rings. The molecule has 6 heteroatoms. The van der Waals surface area contributed by atoms with Crippen molar-refractivity contribution in [3.05, 3.63) is 81.1 Å². The molecule has 1 saturated carbocycles. The van der Waals surface area contributed by atoms with Gasteiger partial charge in [0.25, 0.3) is 0 Å². The Morgan fingerprint density at radius 1 is 1.16 bits per heavy atom. The zero-order valence-corrected chi connectivity index (χ0v) is 15.0. The van der Waals surface area contributed by atoms with Gasteiger partial charge in [-0.3, -0.25) is 0 Å². The third-order valence-corrected chi connectivity index (χ3v) is 5.50. The number of hydrogen-bond acceptors (Lipinski definition) is 4. The Morgan fingerprint density at radius 3 is 2.68 bits per heavy atom. The second kappa shape index (κ2) is 7.20. The number of aromatic nitrogens is 2. The number of rotatable bonds is 6. The lowest BCUT2D eigenvalue weighted by atomic mass is 9.98. The van der Waals surface area contributed by atoms with Gasteiger partial charge in [0.1, 0.15) is 5.82 Å². The van der Waals surface area contributed by atoms with Crippen molar-refractivity contribution in [2.75, 3.05) is 0 Å². The summed E-state index contributed by atoms with van der Waals surface area (Å²) in [6.07, 6.45) is 2.36. The largest absolute Gasteiger partial charge is 0.301 e. The van der Waals surface area contributed by atoms with Crippen LogP contribution in [0.5, 0.6) is 0 Å². The van der Waals surface area contributed by atoms with Crippen molar-refractivity contribution >= 4 is 23.1 Å². The molecule has 25 heavy (non-hydrogen) atoms. The summed E-state index contributed by atoms with van der Waals surface area (Å²) in [5, 5.41) is 8.15. The summed E-state index contributed by atoms with van der Waals surface area (Å²) in [5.41, 5.74) is 2.53. The molecule has 3 nitrogen and oxygen atoms in total. The topological polar surface area (TPSA) is 37.8 Å². The van der Waals surface area contributed by atoms with Crippen molar-refractivity contribution in [1.82, 2.24) is 14.9 Å². The molecule has 0 bridgehead atoms. The molecule has 1 unspecified atom stereocenters. The number of nitrogens with zero attached hydrogens (tertiary/aromatic N) is 2. The van der Waals surface area contributed by atoms with Gasteiger partial charge >= 0.3 is 0 Å². The third kappa shape index (κ3) is 3.59. The molecule has 0 aliphatic heterocycles. The highest BCUT2D eigenvalue weighted by Gasteiger charge is 2.30. The summed E-state index contributed by atoms with van der Waals surface area (Å²) in [6, 6.07) is 14.3. The van der Waals surface area contributed by atoms with Crippen LogP contribution in [-0.2, 0) is 6.54 Å².